The van der Waals surface area contributed by atoms with Gasteiger partial charge in [-0.2, -0.15) is 0 Å². The van der Waals surface area contributed by atoms with Crippen LogP contribution in [0.15, 0.2) is 30.0 Å². The third-order valence-corrected chi connectivity index (χ3v) is 10.5. The van der Waals surface area contributed by atoms with E-state index in [1.165, 1.54) is 5.57 Å². The number of hydrogen-bond donors (Lipinski definition) is 2. The minimum Gasteiger partial charge on any atom is -0.462 e. The van der Waals surface area contributed by atoms with Gasteiger partial charge in [-0.25, -0.2) is 0 Å². The molecule has 5 rings (SSSR count). The molecule has 206 valence electrons. The van der Waals surface area contributed by atoms with Crippen molar-refractivity contribution in [3.63, 3.8) is 0 Å². The molecule has 3 fully saturated rings. The molecule has 1 heterocycles. The van der Waals surface area contributed by atoms with E-state index in [4.69, 9.17) is 4.74 Å². The van der Waals surface area contributed by atoms with Crippen molar-refractivity contribution in [3.8, 4) is 0 Å². The summed E-state index contributed by atoms with van der Waals surface area (Å²) in [5.41, 5.74) is 3.00. The summed E-state index contributed by atoms with van der Waals surface area (Å²) >= 11 is 0. The van der Waals surface area contributed by atoms with Crippen LogP contribution in [0.4, 0.5) is 0 Å². The molecule has 0 spiro atoms. The number of nitrogens with zero attached hydrogens (tertiary/aromatic N) is 1. The van der Waals surface area contributed by atoms with E-state index < -0.39 is 6.10 Å². The highest BCUT2D eigenvalue weighted by Crippen LogP contribution is 2.65. The summed E-state index contributed by atoms with van der Waals surface area (Å²) in [6.45, 7) is 6.65. The molecule has 0 saturated heterocycles. The number of amides is 1. The normalized spacial score (nSPS) is 34.8. The Balaban J connectivity index is 1.12. The Kier molecular flexibility index (Phi) is 7.51. The molecule has 7 nitrogen and oxygen atoms in total. The molecule has 4 aliphatic carbocycles. The van der Waals surface area contributed by atoms with E-state index in [0.29, 0.717) is 29.7 Å². The van der Waals surface area contributed by atoms with Crippen molar-refractivity contribution >= 4 is 17.7 Å². The molecular formula is C31H42N2O5. The molecule has 7 atom stereocenters. The topological polar surface area (TPSA) is 106 Å². The summed E-state index contributed by atoms with van der Waals surface area (Å²) in [5.74, 6) is 1.46. The number of esters is 1. The van der Waals surface area contributed by atoms with Crippen LogP contribution in [0.1, 0.15) is 95.4 Å². The van der Waals surface area contributed by atoms with Gasteiger partial charge in [-0.15, -0.1) is 0 Å². The van der Waals surface area contributed by atoms with Crippen LogP contribution in [0.2, 0.25) is 0 Å². The van der Waals surface area contributed by atoms with Gasteiger partial charge in [0.05, 0.1) is 12.5 Å². The number of aliphatic hydroxyl groups is 1. The predicted molar refractivity (Wildman–Crippen MR) is 143 cm³/mol. The third kappa shape index (κ3) is 5.06. The van der Waals surface area contributed by atoms with Gasteiger partial charge in [-0.3, -0.25) is 19.4 Å². The minimum absolute atomic E-state index is 0.0205. The summed E-state index contributed by atoms with van der Waals surface area (Å²) in [6.07, 6.45) is 10.6. The Morgan fingerprint density at radius 3 is 2.68 bits per heavy atom. The van der Waals surface area contributed by atoms with Gasteiger partial charge >= 0.3 is 5.97 Å². The monoisotopic (exact) mass is 522 g/mol. The van der Waals surface area contributed by atoms with Gasteiger partial charge in [0.25, 0.3) is 0 Å². The van der Waals surface area contributed by atoms with E-state index in [2.05, 4.69) is 24.1 Å². The molecule has 0 unspecified atom stereocenters. The zero-order valence-electron chi connectivity index (χ0n) is 23.0. The van der Waals surface area contributed by atoms with Crippen LogP contribution in [0.5, 0.6) is 0 Å². The molecule has 0 aliphatic heterocycles. The number of rotatable bonds is 7. The number of allylic oxidation sites excluding steroid dienone is 1. The van der Waals surface area contributed by atoms with E-state index in [1.54, 1.807) is 12.3 Å². The number of fused-ring (bicyclic) bond motifs is 5. The standard InChI is InChI=1S/C31H42N2O5/c1-19-4-5-20(17-32-19)26(35)18-33-28(36)10-11-29(37)38-27-9-8-24-23-7-6-21-16-22(34)12-14-30(21,2)25(23)13-15-31(24,27)3/h4-5,16-17,23-27,35H,6-15,18H2,1-3H3,(H,33,36)/t23-,24+,25-,26+,27+,30-,31-/m0/s1. The summed E-state index contributed by atoms with van der Waals surface area (Å²) < 4.78 is 6.03. The summed E-state index contributed by atoms with van der Waals surface area (Å²) in [6, 6.07) is 3.61. The van der Waals surface area contributed by atoms with E-state index in [9.17, 15) is 19.5 Å². The number of carbonyl (C=O) groups excluding carboxylic acids is 3. The Morgan fingerprint density at radius 1 is 1.11 bits per heavy atom. The van der Waals surface area contributed by atoms with Crippen molar-refractivity contribution in [1.82, 2.24) is 10.3 Å². The van der Waals surface area contributed by atoms with Crippen LogP contribution < -0.4 is 5.32 Å². The van der Waals surface area contributed by atoms with Crippen LogP contribution in [0.25, 0.3) is 0 Å². The zero-order valence-corrected chi connectivity index (χ0v) is 23.0. The number of carbonyl (C=O) groups is 3. The highest BCUT2D eigenvalue weighted by Gasteiger charge is 2.59. The van der Waals surface area contributed by atoms with Gasteiger partial charge in [0.1, 0.15) is 6.10 Å². The molecule has 1 amide bonds. The predicted octanol–water partition coefficient (Wildman–Crippen LogP) is 4.76. The highest BCUT2D eigenvalue weighted by atomic mass is 16.5. The fourth-order valence-electron chi connectivity index (χ4n) is 8.23. The molecule has 1 aromatic rings. The highest BCUT2D eigenvalue weighted by molar-refractivity contribution is 5.91. The van der Waals surface area contributed by atoms with E-state index in [1.807, 2.05) is 19.1 Å². The van der Waals surface area contributed by atoms with Crippen molar-refractivity contribution in [3.05, 3.63) is 41.2 Å². The second kappa shape index (κ2) is 10.6. The number of aryl methyl sites for hydroxylation is 1. The average molecular weight is 523 g/mol. The number of ketones is 1. The lowest BCUT2D eigenvalue weighted by Gasteiger charge is -2.57. The van der Waals surface area contributed by atoms with Crippen LogP contribution in [-0.2, 0) is 19.1 Å². The second-order valence-corrected chi connectivity index (χ2v) is 12.6. The number of aliphatic hydroxyl groups excluding tert-OH is 1. The first kappa shape index (κ1) is 27.0. The van der Waals surface area contributed by atoms with E-state index >= 15 is 0 Å². The first-order chi connectivity index (χ1) is 18.1. The van der Waals surface area contributed by atoms with Gasteiger partial charge in [0, 0.05) is 42.3 Å². The minimum atomic E-state index is -0.841. The van der Waals surface area contributed by atoms with Crippen LogP contribution in [0, 0.1) is 35.5 Å². The lowest BCUT2D eigenvalue weighted by molar-refractivity contribution is -0.160. The van der Waals surface area contributed by atoms with Crippen molar-refractivity contribution in [2.24, 2.45) is 28.6 Å². The molecule has 0 bridgehead atoms. The molecule has 3 saturated carbocycles. The van der Waals surface area contributed by atoms with Gasteiger partial charge in [0.2, 0.25) is 5.91 Å². The van der Waals surface area contributed by atoms with E-state index in [-0.39, 0.29) is 54.0 Å². The Bertz CT molecular complexity index is 1110. The Labute approximate surface area is 225 Å². The maximum absolute atomic E-state index is 12.8. The number of hydrogen-bond acceptors (Lipinski definition) is 6. The van der Waals surface area contributed by atoms with E-state index in [0.717, 1.165) is 50.6 Å². The maximum Gasteiger partial charge on any atom is 0.306 e. The van der Waals surface area contributed by atoms with Crippen molar-refractivity contribution in [1.29, 1.82) is 0 Å². The Hall–Kier alpha value is -2.54. The Morgan fingerprint density at radius 2 is 1.92 bits per heavy atom. The summed E-state index contributed by atoms with van der Waals surface area (Å²) in [5, 5.41) is 13.0. The summed E-state index contributed by atoms with van der Waals surface area (Å²) in [7, 11) is 0. The van der Waals surface area contributed by atoms with Crippen LogP contribution in [0.3, 0.4) is 0 Å². The molecule has 2 N–H and O–H groups in total. The van der Waals surface area contributed by atoms with Gasteiger partial charge < -0.3 is 15.2 Å². The second-order valence-electron chi connectivity index (χ2n) is 12.6. The largest absolute Gasteiger partial charge is 0.462 e. The third-order valence-electron chi connectivity index (χ3n) is 10.5. The molecule has 7 heteroatoms. The summed E-state index contributed by atoms with van der Waals surface area (Å²) in [4.78, 5) is 41.3. The molecule has 1 aromatic heterocycles. The maximum atomic E-state index is 12.8. The van der Waals surface area contributed by atoms with Gasteiger partial charge in [-0.1, -0.05) is 25.5 Å². The average Bonchev–Trinajstić information content (AvgIpc) is 3.22. The SMILES string of the molecule is Cc1ccc([C@H](O)CNC(=O)CCC(=O)O[C@@H]2CC[C@@H]3[C@@H]4CCC5=CC(=O)CC[C@]5(C)[C@H]4CC[C@@]32C)cn1. The van der Waals surface area contributed by atoms with Gasteiger partial charge in [0.15, 0.2) is 5.78 Å². The number of pyridine rings is 1. The van der Waals surface area contributed by atoms with Crippen molar-refractivity contribution in [2.45, 2.75) is 97.2 Å². The molecule has 0 aromatic carbocycles. The molecule has 4 aliphatic rings. The molecular weight excluding hydrogens is 480 g/mol. The zero-order chi connectivity index (χ0) is 27.1. The smallest absolute Gasteiger partial charge is 0.306 e. The lowest BCUT2D eigenvalue weighted by atomic mass is 9.47. The van der Waals surface area contributed by atoms with Crippen molar-refractivity contribution in [2.75, 3.05) is 6.54 Å². The lowest BCUT2D eigenvalue weighted by Crippen LogP contribution is -2.51. The van der Waals surface area contributed by atoms with Crippen LogP contribution in [-0.4, -0.2) is 40.4 Å². The fraction of sp³-hybridized carbons (Fsp3) is 0.677. The quantitative estimate of drug-likeness (QED) is 0.500. The number of aromatic nitrogens is 1. The number of nitrogens with one attached hydrogen (secondary N) is 1. The molecule has 38 heavy (non-hydrogen) atoms. The molecule has 0 radical (unpaired) electrons. The number of ether oxygens (including phenoxy) is 1. The van der Waals surface area contributed by atoms with Crippen LogP contribution >= 0.6 is 0 Å². The van der Waals surface area contributed by atoms with Gasteiger partial charge in [-0.05, 0) is 87.2 Å². The first-order valence-electron chi connectivity index (χ1n) is 14.4. The first-order valence-corrected chi connectivity index (χ1v) is 14.4. The fourth-order valence-corrected chi connectivity index (χ4v) is 8.23. The van der Waals surface area contributed by atoms with Crippen molar-refractivity contribution < 1.29 is 24.2 Å².